The molecule has 1 heterocycles. The van der Waals surface area contributed by atoms with Crippen LogP contribution < -0.4 is 0 Å². The highest BCUT2D eigenvalue weighted by Crippen LogP contribution is 2.22. The SMILES string of the molecule is Cc1cccc(SCc2ncc(CCl)c(C)n2)c1. The van der Waals surface area contributed by atoms with Gasteiger partial charge in [0, 0.05) is 22.3 Å². The van der Waals surface area contributed by atoms with Crippen LogP contribution >= 0.6 is 23.4 Å². The Hall–Kier alpha value is -1.06. The molecule has 0 aliphatic heterocycles. The van der Waals surface area contributed by atoms with Gasteiger partial charge in [-0.05, 0) is 26.0 Å². The monoisotopic (exact) mass is 278 g/mol. The van der Waals surface area contributed by atoms with Crippen LogP contribution in [-0.4, -0.2) is 9.97 Å². The zero-order valence-corrected chi connectivity index (χ0v) is 12.1. The maximum absolute atomic E-state index is 5.79. The number of aromatic nitrogens is 2. The average molecular weight is 279 g/mol. The first-order chi connectivity index (χ1) is 8.69. The summed E-state index contributed by atoms with van der Waals surface area (Å²) in [5.74, 6) is 2.11. The molecule has 0 saturated heterocycles. The van der Waals surface area contributed by atoms with Gasteiger partial charge in [0.15, 0.2) is 0 Å². The smallest absolute Gasteiger partial charge is 0.138 e. The summed E-state index contributed by atoms with van der Waals surface area (Å²) in [5, 5.41) is 0. The van der Waals surface area contributed by atoms with Gasteiger partial charge >= 0.3 is 0 Å². The van der Waals surface area contributed by atoms with E-state index in [1.165, 1.54) is 10.5 Å². The minimum atomic E-state index is 0.469. The van der Waals surface area contributed by atoms with Crippen molar-refractivity contribution >= 4 is 23.4 Å². The Bertz CT molecular complexity index is 543. The van der Waals surface area contributed by atoms with E-state index < -0.39 is 0 Å². The average Bonchev–Trinajstić information content (AvgIpc) is 2.37. The van der Waals surface area contributed by atoms with Gasteiger partial charge in [-0.2, -0.15) is 0 Å². The molecule has 0 N–H and O–H groups in total. The molecule has 2 rings (SSSR count). The second kappa shape index (κ2) is 6.21. The van der Waals surface area contributed by atoms with Gasteiger partial charge in [0.1, 0.15) is 5.82 Å². The van der Waals surface area contributed by atoms with Gasteiger partial charge < -0.3 is 0 Å². The summed E-state index contributed by atoms with van der Waals surface area (Å²) in [6.45, 7) is 4.07. The number of aryl methyl sites for hydroxylation is 2. The van der Waals surface area contributed by atoms with Crippen molar-refractivity contribution in [3.8, 4) is 0 Å². The van der Waals surface area contributed by atoms with Gasteiger partial charge in [-0.1, -0.05) is 17.7 Å². The normalized spacial score (nSPS) is 10.6. The molecule has 0 aliphatic carbocycles. The predicted molar refractivity (Wildman–Crippen MR) is 77.1 cm³/mol. The van der Waals surface area contributed by atoms with E-state index in [1.807, 2.05) is 13.1 Å². The van der Waals surface area contributed by atoms with E-state index >= 15 is 0 Å². The molecule has 4 heteroatoms. The Morgan fingerprint density at radius 2 is 2.11 bits per heavy atom. The molecule has 94 valence electrons. The Morgan fingerprint density at radius 1 is 1.28 bits per heavy atom. The van der Waals surface area contributed by atoms with Crippen molar-refractivity contribution in [3.05, 3.63) is 53.1 Å². The Kier molecular flexibility index (Phi) is 4.61. The summed E-state index contributed by atoms with van der Waals surface area (Å²) >= 11 is 7.54. The summed E-state index contributed by atoms with van der Waals surface area (Å²) in [4.78, 5) is 10.0. The van der Waals surface area contributed by atoms with Gasteiger partial charge in [0.2, 0.25) is 0 Å². The van der Waals surface area contributed by atoms with Crippen molar-refractivity contribution in [2.75, 3.05) is 0 Å². The first kappa shape index (κ1) is 13.4. The quantitative estimate of drug-likeness (QED) is 0.621. The highest BCUT2D eigenvalue weighted by Gasteiger charge is 2.03. The summed E-state index contributed by atoms with van der Waals surface area (Å²) in [6, 6.07) is 8.45. The van der Waals surface area contributed by atoms with E-state index in [0.29, 0.717) is 5.88 Å². The standard InChI is InChI=1S/C14H15ClN2S/c1-10-4-3-5-13(6-10)18-9-14-16-8-12(7-15)11(2)17-14/h3-6,8H,7,9H2,1-2H3. The van der Waals surface area contributed by atoms with Gasteiger partial charge in [-0.3, -0.25) is 0 Å². The van der Waals surface area contributed by atoms with Crippen LogP contribution in [0.1, 0.15) is 22.6 Å². The Morgan fingerprint density at radius 3 is 2.78 bits per heavy atom. The summed E-state index contributed by atoms with van der Waals surface area (Å²) in [7, 11) is 0. The molecule has 0 radical (unpaired) electrons. The number of rotatable bonds is 4. The lowest BCUT2D eigenvalue weighted by Gasteiger charge is -2.05. The van der Waals surface area contributed by atoms with Crippen molar-refractivity contribution in [2.24, 2.45) is 0 Å². The van der Waals surface area contributed by atoms with E-state index in [1.54, 1.807) is 11.8 Å². The third kappa shape index (κ3) is 3.47. The van der Waals surface area contributed by atoms with Crippen LogP contribution in [0.3, 0.4) is 0 Å². The van der Waals surface area contributed by atoms with Crippen LogP contribution in [0.2, 0.25) is 0 Å². The fraction of sp³-hybridized carbons (Fsp3) is 0.286. The molecule has 1 aromatic heterocycles. The Labute approximate surface area is 117 Å². The lowest BCUT2D eigenvalue weighted by Crippen LogP contribution is -1.98. The maximum atomic E-state index is 5.79. The van der Waals surface area contributed by atoms with Gasteiger partial charge in [-0.15, -0.1) is 23.4 Å². The number of hydrogen-bond acceptors (Lipinski definition) is 3. The van der Waals surface area contributed by atoms with E-state index in [-0.39, 0.29) is 0 Å². The first-order valence-corrected chi connectivity index (χ1v) is 7.28. The topological polar surface area (TPSA) is 25.8 Å². The number of thioether (sulfide) groups is 1. The molecule has 0 amide bonds. The molecular weight excluding hydrogens is 264 g/mol. The minimum absolute atomic E-state index is 0.469. The highest BCUT2D eigenvalue weighted by atomic mass is 35.5. The Balaban J connectivity index is 2.04. The van der Waals surface area contributed by atoms with Crippen LogP contribution in [0, 0.1) is 13.8 Å². The third-order valence-electron chi connectivity index (χ3n) is 2.63. The predicted octanol–water partition coefficient (Wildman–Crippen LogP) is 4.12. The van der Waals surface area contributed by atoms with Crippen LogP contribution in [0.25, 0.3) is 0 Å². The van der Waals surface area contributed by atoms with E-state index in [2.05, 4.69) is 41.2 Å². The summed E-state index contributed by atoms with van der Waals surface area (Å²) in [6.07, 6.45) is 1.82. The van der Waals surface area contributed by atoms with E-state index in [4.69, 9.17) is 11.6 Å². The zero-order chi connectivity index (χ0) is 13.0. The molecule has 0 fully saturated rings. The van der Waals surface area contributed by atoms with Crippen molar-refractivity contribution in [3.63, 3.8) is 0 Å². The van der Waals surface area contributed by atoms with Crippen LogP contribution in [0.4, 0.5) is 0 Å². The number of hydrogen-bond donors (Lipinski definition) is 0. The van der Waals surface area contributed by atoms with Crippen molar-refractivity contribution in [2.45, 2.75) is 30.4 Å². The molecule has 0 atom stereocenters. The van der Waals surface area contributed by atoms with Gasteiger partial charge in [0.05, 0.1) is 11.6 Å². The molecule has 0 saturated carbocycles. The third-order valence-corrected chi connectivity index (χ3v) is 3.91. The van der Waals surface area contributed by atoms with Crippen LogP contribution in [0.15, 0.2) is 35.4 Å². The molecule has 2 aromatic rings. The van der Waals surface area contributed by atoms with Gasteiger partial charge in [-0.25, -0.2) is 9.97 Å². The molecule has 18 heavy (non-hydrogen) atoms. The van der Waals surface area contributed by atoms with E-state index in [9.17, 15) is 0 Å². The lowest BCUT2D eigenvalue weighted by atomic mass is 10.2. The summed E-state index contributed by atoms with van der Waals surface area (Å²) < 4.78 is 0. The van der Waals surface area contributed by atoms with Crippen molar-refractivity contribution < 1.29 is 0 Å². The van der Waals surface area contributed by atoms with Gasteiger partial charge in [0.25, 0.3) is 0 Å². The molecular formula is C14H15ClN2S. The fourth-order valence-electron chi connectivity index (χ4n) is 1.59. The van der Waals surface area contributed by atoms with E-state index in [0.717, 1.165) is 22.8 Å². The largest absolute Gasteiger partial charge is 0.240 e. The van der Waals surface area contributed by atoms with Crippen molar-refractivity contribution in [1.29, 1.82) is 0 Å². The fourth-order valence-corrected chi connectivity index (χ4v) is 2.74. The number of benzene rings is 1. The number of halogens is 1. The second-order valence-electron chi connectivity index (χ2n) is 4.14. The number of alkyl halides is 1. The number of nitrogens with zero attached hydrogens (tertiary/aromatic N) is 2. The molecule has 1 aromatic carbocycles. The zero-order valence-electron chi connectivity index (χ0n) is 10.5. The van der Waals surface area contributed by atoms with Crippen LogP contribution in [-0.2, 0) is 11.6 Å². The van der Waals surface area contributed by atoms with Crippen LogP contribution in [0.5, 0.6) is 0 Å². The minimum Gasteiger partial charge on any atom is -0.240 e. The molecule has 0 bridgehead atoms. The molecule has 0 spiro atoms. The first-order valence-electron chi connectivity index (χ1n) is 5.76. The molecule has 0 aliphatic rings. The molecule has 0 unspecified atom stereocenters. The van der Waals surface area contributed by atoms with Crippen molar-refractivity contribution in [1.82, 2.24) is 9.97 Å². The second-order valence-corrected chi connectivity index (χ2v) is 5.45. The lowest BCUT2D eigenvalue weighted by molar-refractivity contribution is 0.967. The molecule has 2 nitrogen and oxygen atoms in total. The summed E-state index contributed by atoms with van der Waals surface area (Å²) in [5.41, 5.74) is 3.25. The highest BCUT2D eigenvalue weighted by molar-refractivity contribution is 7.98. The maximum Gasteiger partial charge on any atom is 0.138 e.